The molecule has 0 unspecified atom stereocenters. The normalized spacial score (nSPS) is 15.2. The lowest BCUT2D eigenvalue weighted by molar-refractivity contribution is 0.111. The van der Waals surface area contributed by atoms with Gasteiger partial charge in [0.15, 0.2) is 6.29 Å². The van der Waals surface area contributed by atoms with Gasteiger partial charge in [0.05, 0.1) is 6.10 Å². The lowest BCUT2D eigenvalue weighted by atomic mass is 10.2. The summed E-state index contributed by atoms with van der Waals surface area (Å²) in [4.78, 5) is 14.7. The third-order valence-electron chi connectivity index (χ3n) is 2.28. The molecule has 74 valence electrons. The molecule has 1 aromatic heterocycles. The number of carbonyl (C=O) groups is 1. The predicted octanol–water partition coefficient (Wildman–Crippen LogP) is 2.00. The minimum absolute atomic E-state index is 0.308. The average molecular weight is 191 g/mol. The summed E-state index contributed by atoms with van der Waals surface area (Å²) in [6, 6.07) is 1.91. The molecule has 0 radical (unpaired) electrons. The van der Waals surface area contributed by atoms with Crippen molar-refractivity contribution in [3.8, 4) is 5.75 Å². The monoisotopic (exact) mass is 191 g/mol. The molecule has 14 heavy (non-hydrogen) atoms. The zero-order valence-electron chi connectivity index (χ0n) is 8.19. The highest BCUT2D eigenvalue weighted by atomic mass is 16.5. The van der Waals surface area contributed by atoms with Gasteiger partial charge >= 0.3 is 0 Å². The van der Waals surface area contributed by atoms with Crippen LogP contribution >= 0.6 is 0 Å². The second-order valence-corrected chi connectivity index (χ2v) is 3.52. The number of pyridine rings is 1. The Hall–Kier alpha value is -1.38. The lowest BCUT2D eigenvalue weighted by Crippen LogP contribution is -2.02. The van der Waals surface area contributed by atoms with E-state index in [9.17, 15) is 4.79 Å². The van der Waals surface area contributed by atoms with Gasteiger partial charge in [-0.05, 0) is 30.9 Å². The SMILES string of the molecule is CCc1cnc(C=O)c(OC2CC2)c1. The standard InChI is InChI=1S/C11H13NO2/c1-2-8-5-11(14-9-3-4-9)10(7-13)12-6-8/h5-7,9H,2-4H2,1H3. The van der Waals surface area contributed by atoms with E-state index in [0.29, 0.717) is 17.5 Å². The number of aryl methyl sites for hydroxylation is 1. The van der Waals surface area contributed by atoms with Crippen LogP contribution < -0.4 is 4.74 Å². The first-order chi connectivity index (χ1) is 6.83. The molecule has 0 saturated heterocycles. The second-order valence-electron chi connectivity index (χ2n) is 3.52. The Morgan fingerprint density at radius 3 is 3.00 bits per heavy atom. The van der Waals surface area contributed by atoms with Gasteiger partial charge in [-0.1, -0.05) is 6.92 Å². The van der Waals surface area contributed by atoms with Gasteiger partial charge < -0.3 is 4.74 Å². The van der Waals surface area contributed by atoms with Crippen LogP contribution in [0.2, 0.25) is 0 Å². The molecule has 0 aliphatic heterocycles. The lowest BCUT2D eigenvalue weighted by Gasteiger charge is -2.07. The molecule has 0 bridgehead atoms. The van der Waals surface area contributed by atoms with E-state index in [1.54, 1.807) is 6.20 Å². The van der Waals surface area contributed by atoms with E-state index in [1.165, 1.54) is 0 Å². The molecular weight excluding hydrogens is 178 g/mol. The van der Waals surface area contributed by atoms with Crippen LogP contribution in [-0.2, 0) is 6.42 Å². The molecule has 0 spiro atoms. The zero-order chi connectivity index (χ0) is 9.97. The van der Waals surface area contributed by atoms with Crippen LogP contribution in [0.5, 0.6) is 5.75 Å². The first-order valence-corrected chi connectivity index (χ1v) is 4.94. The highest BCUT2D eigenvalue weighted by Gasteiger charge is 2.24. The van der Waals surface area contributed by atoms with Gasteiger partial charge in [-0.3, -0.25) is 4.79 Å². The molecule has 1 aliphatic rings. The summed E-state index contributed by atoms with van der Waals surface area (Å²) in [5.74, 6) is 0.641. The first-order valence-electron chi connectivity index (χ1n) is 4.94. The highest BCUT2D eigenvalue weighted by Crippen LogP contribution is 2.28. The number of aromatic nitrogens is 1. The summed E-state index contributed by atoms with van der Waals surface area (Å²) >= 11 is 0. The van der Waals surface area contributed by atoms with Crippen LogP contribution in [-0.4, -0.2) is 17.4 Å². The molecule has 1 heterocycles. The quantitative estimate of drug-likeness (QED) is 0.683. The number of ether oxygens (including phenoxy) is 1. The van der Waals surface area contributed by atoms with Crippen LogP contribution in [0.25, 0.3) is 0 Å². The van der Waals surface area contributed by atoms with Crippen LogP contribution in [0.3, 0.4) is 0 Å². The van der Waals surface area contributed by atoms with Gasteiger partial charge in [-0.25, -0.2) is 4.98 Å². The molecule has 1 saturated carbocycles. The fourth-order valence-electron chi connectivity index (χ4n) is 1.24. The van der Waals surface area contributed by atoms with Crippen molar-refractivity contribution < 1.29 is 9.53 Å². The molecule has 0 amide bonds. The van der Waals surface area contributed by atoms with E-state index in [4.69, 9.17) is 4.74 Å². The van der Waals surface area contributed by atoms with Gasteiger partial charge in [0, 0.05) is 6.20 Å². The van der Waals surface area contributed by atoms with Gasteiger partial charge in [-0.2, -0.15) is 0 Å². The maximum atomic E-state index is 10.7. The maximum absolute atomic E-state index is 10.7. The van der Waals surface area contributed by atoms with Crippen molar-refractivity contribution in [1.82, 2.24) is 4.98 Å². The fraction of sp³-hybridized carbons (Fsp3) is 0.455. The molecule has 0 atom stereocenters. The van der Waals surface area contributed by atoms with E-state index in [-0.39, 0.29) is 0 Å². The number of carbonyl (C=O) groups excluding carboxylic acids is 1. The zero-order valence-corrected chi connectivity index (χ0v) is 8.19. The third kappa shape index (κ3) is 1.92. The molecular formula is C11H13NO2. The van der Waals surface area contributed by atoms with Crippen molar-refractivity contribution in [2.45, 2.75) is 32.3 Å². The van der Waals surface area contributed by atoms with Crippen molar-refractivity contribution in [3.63, 3.8) is 0 Å². The summed E-state index contributed by atoms with van der Waals surface area (Å²) < 4.78 is 5.60. The Bertz CT molecular complexity index is 345. The second kappa shape index (κ2) is 3.78. The Kier molecular flexibility index (Phi) is 2.48. The summed E-state index contributed by atoms with van der Waals surface area (Å²) in [5, 5.41) is 0. The van der Waals surface area contributed by atoms with Crippen molar-refractivity contribution >= 4 is 6.29 Å². The molecule has 1 aromatic rings. The van der Waals surface area contributed by atoms with Crippen LogP contribution in [0, 0.1) is 0 Å². The van der Waals surface area contributed by atoms with Crippen LogP contribution in [0.4, 0.5) is 0 Å². The van der Waals surface area contributed by atoms with Gasteiger partial charge in [0.1, 0.15) is 11.4 Å². The van der Waals surface area contributed by atoms with Crippen LogP contribution in [0.1, 0.15) is 35.8 Å². The van der Waals surface area contributed by atoms with Crippen molar-refractivity contribution in [2.24, 2.45) is 0 Å². The summed E-state index contributed by atoms with van der Waals surface area (Å²) in [6.45, 7) is 2.05. The number of rotatable bonds is 4. The number of nitrogens with zero attached hydrogens (tertiary/aromatic N) is 1. The van der Waals surface area contributed by atoms with E-state index < -0.39 is 0 Å². The maximum Gasteiger partial charge on any atom is 0.172 e. The van der Waals surface area contributed by atoms with Crippen molar-refractivity contribution in [2.75, 3.05) is 0 Å². The van der Waals surface area contributed by atoms with Crippen molar-refractivity contribution in [1.29, 1.82) is 0 Å². The molecule has 0 aromatic carbocycles. The van der Waals surface area contributed by atoms with E-state index in [0.717, 1.165) is 31.1 Å². The average Bonchev–Trinajstić information content (AvgIpc) is 3.01. The van der Waals surface area contributed by atoms with Crippen LogP contribution in [0.15, 0.2) is 12.3 Å². The Balaban J connectivity index is 2.26. The topological polar surface area (TPSA) is 39.2 Å². The molecule has 2 rings (SSSR count). The first kappa shape index (κ1) is 9.19. The third-order valence-corrected chi connectivity index (χ3v) is 2.28. The summed E-state index contributed by atoms with van der Waals surface area (Å²) in [7, 11) is 0. The number of aldehydes is 1. The fourth-order valence-corrected chi connectivity index (χ4v) is 1.24. The minimum Gasteiger partial charge on any atom is -0.488 e. The molecule has 3 nitrogen and oxygen atoms in total. The molecule has 3 heteroatoms. The van der Waals surface area contributed by atoms with Gasteiger partial charge in [0.2, 0.25) is 0 Å². The van der Waals surface area contributed by atoms with Crippen molar-refractivity contribution in [3.05, 3.63) is 23.5 Å². The number of hydrogen-bond donors (Lipinski definition) is 0. The van der Waals surface area contributed by atoms with E-state index in [1.807, 2.05) is 6.07 Å². The van der Waals surface area contributed by atoms with E-state index in [2.05, 4.69) is 11.9 Å². The predicted molar refractivity (Wildman–Crippen MR) is 52.7 cm³/mol. The number of hydrogen-bond acceptors (Lipinski definition) is 3. The van der Waals surface area contributed by atoms with Gasteiger partial charge in [0.25, 0.3) is 0 Å². The molecule has 1 fully saturated rings. The smallest absolute Gasteiger partial charge is 0.172 e. The highest BCUT2D eigenvalue weighted by molar-refractivity contribution is 5.76. The Morgan fingerprint density at radius 1 is 1.64 bits per heavy atom. The summed E-state index contributed by atoms with van der Waals surface area (Å²) in [6.07, 6.45) is 5.87. The van der Waals surface area contributed by atoms with E-state index >= 15 is 0 Å². The molecule has 0 N–H and O–H groups in total. The largest absolute Gasteiger partial charge is 0.488 e. The minimum atomic E-state index is 0.308. The Morgan fingerprint density at radius 2 is 2.43 bits per heavy atom. The summed E-state index contributed by atoms with van der Waals surface area (Å²) in [5.41, 5.74) is 1.51. The molecule has 1 aliphatic carbocycles. The Labute approximate surface area is 83.1 Å². The van der Waals surface area contributed by atoms with Gasteiger partial charge in [-0.15, -0.1) is 0 Å².